The first kappa shape index (κ1) is 13.5. The number of nitrogens with one attached hydrogen (secondary N) is 1. The Hall–Kier alpha value is -2.50. The third-order valence-corrected chi connectivity index (χ3v) is 3.28. The summed E-state index contributed by atoms with van der Waals surface area (Å²) in [5.74, 6) is 0. The van der Waals surface area contributed by atoms with Crippen molar-refractivity contribution in [2.75, 3.05) is 0 Å². The number of rotatable bonds is 3. The fourth-order valence-electron chi connectivity index (χ4n) is 2.37. The Balaban J connectivity index is 2.24. The number of aromatic amines is 1. The summed E-state index contributed by atoms with van der Waals surface area (Å²) in [5, 5.41) is 0. The van der Waals surface area contributed by atoms with Crippen LogP contribution in [-0.2, 0) is 0 Å². The number of H-pyrrole nitrogens is 1. The second kappa shape index (κ2) is 5.87. The molecule has 0 saturated carbocycles. The van der Waals surface area contributed by atoms with E-state index in [2.05, 4.69) is 9.97 Å². The van der Waals surface area contributed by atoms with Crippen LogP contribution in [0.3, 0.4) is 0 Å². The molecule has 3 rings (SSSR count). The average Bonchev–Trinajstić information content (AvgIpc) is 3.03. The van der Waals surface area contributed by atoms with E-state index in [9.17, 15) is 8.63 Å². The minimum atomic E-state index is -2.58. The maximum atomic E-state index is 13.3. The average molecular weight is 284 g/mol. The molecule has 6 heteroatoms. The molecule has 3 heterocycles. The van der Waals surface area contributed by atoms with E-state index in [-0.39, 0.29) is 0 Å². The molecule has 0 spiro atoms. The minimum absolute atomic E-state index is 0.465. The molecular weight excluding hydrogens is 271 g/mol. The molecule has 0 unspecified atom stereocenters. The first-order chi connectivity index (χ1) is 10.3. The topological polar surface area (TPSA) is 31.7 Å². The number of hydrogen-bond acceptors (Lipinski definition) is 1. The third-order valence-electron chi connectivity index (χ3n) is 3.28. The van der Waals surface area contributed by atoms with Gasteiger partial charge in [0.25, 0.3) is 0 Å². The van der Waals surface area contributed by atoms with E-state index >= 15 is 0 Å². The van der Waals surface area contributed by atoms with E-state index in [1.165, 1.54) is 6.21 Å². The monoisotopic (exact) mass is 284 g/mol. The van der Waals surface area contributed by atoms with Crippen LogP contribution in [0.5, 0.6) is 0 Å². The number of pyridine rings is 1. The molecule has 0 fully saturated rings. The molecule has 0 atom stereocenters. The van der Waals surface area contributed by atoms with Gasteiger partial charge in [-0.05, 0) is 18.2 Å². The highest BCUT2D eigenvalue weighted by atomic mass is 19.2. The van der Waals surface area contributed by atoms with Crippen molar-refractivity contribution in [1.29, 1.82) is 0 Å². The molecule has 1 N–H and O–H groups in total. The Kier molecular flexibility index (Phi) is 3.77. The smallest absolute Gasteiger partial charge is 0.361 e. The largest absolute Gasteiger partial charge is 0.934 e. The summed E-state index contributed by atoms with van der Waals surface area (Å²) in [4.78, 5) is 7.18. The van der Waals surface area contributed by atoms with Crippen LogP contribution in [0.4, 0.5) is 8.63 Å². The van der Waals surface area contributed by atoms with Gasteiger partial charge < -0.3 is 4.98 Å². The van der Waals surface area contributed by atoms with Gasteiger partial charge in [0.15, 0.2) is 5.70 Å². The fourth-order valence-corrected chi connectivity index (χ4v) is 2.37. The van der Waals surface area contributed by atoms with Crippen molar-refractivity contribution in [3.05, 3.63) is 72.0 Å². The molecule has 1 aliphatic rings. The van der Waals surface area contributed by atoms with Gasteiger partial charge in [-0.1, -0.05) is 12.1 Å². The molecule has 2 aromatic heterocycles. The molecule has 0 radical (unpaired) electrons. The van der Waals surface area contributed by atoms with E-state index in [4.69, 9.17) is 0 Å². The minimum Gasteiger partial charge on any atom is -0.361 e. The van der Waals surface area contributed by atoms with Crippen molar-refractivity contribution < 1.29 is 13.1 Å². The maximum Gasteiger partial charge on any atom is 0.934 e. The highest BCUT2D eigenvalue weighted by molar-refractivity contribution is 6.34. The van der Waals surface area contributed by atoms with Crippen molar-refractivity contribution >= 4 is 19.2 Å². The summed E-state index contributed by atoms with van der Waals surface area (Å²) in [5.41, 5.74) is 2.75. The zero-order chi connectivity index (χ0) is 14.7. The van der Waals surface area contributed by atoms with Gasteiger partial charge in [-0.25, -0.2) is 13.1 Å². The number of aromatic nitrogens is 2. The maximum absolute atomic E-state index is 13.3. The Morgan fingerprint density at radius 2 is 2.19 bits per heavy atom. The van der Waals surface area contributed by atoms with E-state index in [0.29, 0.717) is 17.7 Å². The Bertz CT molecular complexity index is 704. The molecule has 0 bridgehead atoms. The van der Waals surface area contributed by atoms with Crippen LogP contribution >= 0.6 is 0 Å². The lowest BCUT2D eigenvalue weighted by Gasteiger charge is -2.11. The van der Waals surface area contributed by atoms with Gasteiger partial charge >= 0.3 is 7.40 Å². The normalized spacial score (nSPS) is 16.6. The van der Waals surface area contributed by atoms with Gasteiger partial charge in [0.1, 0.15) is 6.21 Å². The Morgan fingerprint density at radius 3 is 2.86 bits per heavy atom. The quantitative estimate of drug-likeness (QED) is 0.863. The van der Waals surface area contributed by atoms with Gasteiger partial charge in [0.05, 0.1) is 11.3 Å². The summed E-state index contributed by atoms with van der Waals surface area (Å²) in [7, 11) is -2.58. The lowest BCUT2D eigenvalue weighted by atomic mass is 9.98. The molecule has 1 aliphatic heterocycles. The van der Waals surface area contributed by atoms with Crippen LogP contribution < -0.4 is 0 Å². The number of nitrogens with zero attached hydrogens (tertiary/aromatic N) is 2. The predicted molar refractivity (Wildman–Crippen MR) is 79.1 cm³/mol. The van der Waals surface area contributed by atoms with Gasteiger partial charge in [0.2, 0.25) is 0 Å². The van der Waals surface area contributed by atoms with E-state index in [1.807, 2.05) is 24.3 Å². The Morgan fingerprint density at radius 1 is 1.29 bits per heavy atom. The van der Waals surface area contributed by atoms with E-state index in [1.54, 1.807) is 30.7 Å². The zero-order valence-corrected chi connectivity index (χ0v) is 11.2. The number of hydrogen-bond donors (Lipinski definition) is 1. The highest BCUT2D eigenvalue weighted by Crippen LogP contribution is 2.28. The highest BCUT2D eigenvalue weighted by Gasteiger charge is 2.39. The lowest BCUT2D eigenvalue weighted by Crippen LogP contribution is -2.25. The standard InChI is InChI=1S/C15H13BF2N3/c17-16(18)21-10-2-1-7-14(21)15(13-6-4-9-20-13)12-5-3-8-19-11-12/h1,3-11,20H,2H2/q+1/b15-14-. The van der Waals surface area contributed by atoms with Crippen molar-refractivity contribution in [2.45, 2.75) is 6.42 Å². The Labute approximate surface area is 121 Å². The molecule has 104 valence electrons. The van der Waals surface area contributed by atoms with Crippen molar-refractivity contribution in [3.8, 4) is 0 Å². The summed E-state index contributed by atoms with van der Waals surface area (Å²) in [6, 6.07) is 7.36. The van der Waals surface area contributed by atoms with Crippen molar-refractivity contribution in [2.24, 2.45) is 0 Å². The van der Waals surface area contributed by atoms with Crippen LogP contribution in [0.15, 0.2) is 60.7 Å². The van der Waals surface area contributed by atoms with Crippen molar-refractivity contribution in [1.82, 2.24) is 9.97 Å². The molecule has 21 heavy (non-hydrogen) atoms. The van der Waals surface area contributed by atoms with Gasteiger partial charge in [-0.15, -0.1) is 0 Å². The molecule has 2 aromatic rings. The van der Waals surface area contributed by atoms with Crippen LogP contribution in [0.25, 0.3) is 5.57 Å². The van der Waals surface area contributed by atoms with E-state index in [0.717, 1.165) is 15.7 Å². The second-order valence-corrected chi connectivity index (χ2v) is 4.59. The lowest BCUT2D eigenvalue weighted by molar-refractivity contribution is -0.342. The van der Waals surface area contributed by atoms with Crippen molar-refractivity contribution in [3.63, 3.8) is 0 Å². The molecule has 0 amide bonds. The van der Waals surface area contributed by atoms with E-state index < -0.39 is 7.40 Å². The van der Waals surface area contributed by atoms with Crippen LogP contribution in [0.2, 0.25) is 0 Å². The molecule has 0 saturated heterocycles. The first-order valence-electron chi connectivity index (χ1n) is 6.62. The summed E-state index contributed by atoms with van der Waals surface area (Å²) >= 11 is 0. The number of halogens is 2. The molecular formula is C15H13BF2N3+. The number of allylic oxidation sites excluding steroid dienone is 2. The molecule has 0 aromatic carbocycles. The predicted octanol–water partition coefficient (Wildman–Crippen LogP) is 3.14. The SMILES string of the molecule is FB(F)[N+]1=CCC=C/C1=C(\c1cccnc1)c1ccc[nH]1. The first-order valence-corrected chi connectivity index (χ1v) is 6.62. The third kappa shape index (κ3) is 2.70. The van der Waals surface area contributed by atoms with Crippen LogP contribution in [0.1, 0.15) is 17.7 Å². The van der Waals surface area contributed by atoms with Gasteiger partial charge in [-0.2, -0.15) is 0 Å². The second-order valence-electron chi connectivity index (χ2n) is 4.59. The summed E-state index contributed by atoms with van der Waals surface area (Å²) < 4.78 is 27.6. The zero-order valence-electron chi connectivity index (χ0n) is 11.2. The summed E-state index contributed by atoms with van der Waals surface area (Å²) in [6.45, 7) is 0. The van der Waals surface area contributed by atoms with Gasteiger partial charge in [0, 0.05) is 36.7 Å². The van der Waals surface area contributed by atoms with Crippen LogP contribution in [-0.4, -0.2) is 28.1 Å². The molecule has 0 aliphatic carbocycles. The summed E-state index contributed by atoms with van der Waals surface area (Å²) in [6.07, 6.45) is 10.7. The molecule has 3 nitrogen and oxygen atoms in total. The van der Waals surface area contributed by atoms with Crippen LogP contribution in [0, 0.1) is 0 Å². The van der Waals surface area contributed by atoms with Gasteiger partial charge in [-0.3, -0.25) is 4.98 Å². The fraction of sp³-hybridized carbons (Fsp3) is 0.0667.